The lowest BCUT2D eigenvalue weighted by Gasteiger charge is -2.06. The molecule has 1 heterocycles. The van der Waals surface area contributed by atoms with Crippen LogP contribution in [0.3, 0.4) is 0 Å². The zero-order valence-corrected chi connectivity index (χ0v) is 10.6. The molecule has 2 nitrogen and oxygen atoms in total. The van der Waals surface area contributed by atoms with Crippen molar-refractivity contribution in [1.82, 2.24) is 4.98 Å². The van der Waals surface area contributed by atoms with Gasteiger partial charge in [0.05, 0.1) is 15.9 Å². The number of benzene rings is 2. The molecule has 0 aliphatic carbocycles. The van der Waals surface area contributed by atoms with Crippen molar-refractivity contribution in [1.29, 1.82) is 0 Å². The van der Waals surface area contributed by atoms with Crippen LogP contribution in [-0.2, 0) is 0 Å². The molecule has 0 aliphatic heterocycles. The molecule has 2 aromatic carbocycles. The maximum Gasteiger partial charge on any atom is 0.159 e. The van der Waals surface area contributed by atoms with E-state index in [-0.39, 0.29) is 0 Å². The summed E-state index contributed by atoms with van der Waals surface area (Å²) in [5, 5.41) is 3.40. The first-order chi connectivity index (χ1) is 8.33. The highest BCUT2D eigenvalue weighted by Crippen LogP contribution is 2.29. The third-order valence-electron chi connectivity index (χ3n) is 2.50. The fraction of sp³-hybridized carbons (Fsp3) is 0. The van der Waals surface area contributed by atoms with E-state index in [0.717, 1.165) is 20.8 Å². The van der Waals surface area contributed by atoms with E-state index >= 15 is 0 Å². The van der Waals surface area contributed by atoms with Crippen molar-refractivity contribution < 1.29 is 0 Å². The second kappa shape index (κ2) is 4.31. The van der Waals surface area contributed by atoms with Crippen molar-refractivity contribution in [3.05, 3.63) is 52.5 Å². The second-order valence-electron chi connectivity index (χ2n) is 3.69. The van der Waals surface area contributed by atoms with Crippen molar-refractivity contribution in [2.45, 2.75) is 0 Å². The first-order valence-electron chi connectivity index (χ1n) is 5.27. The summed E-state index contributed by atoms with van der Waals surface area (Å²) in [5.41, 5.74) is 3.26. The number of hydrogen-bond donors (Lipinski definition) is 2. The zero-order chi connectivity index (χ0) is 11.7. The number of nitrogens with one attached hydrogen (secondary N) is 2. The number of anilines is 2. The van der Waals surface area contributed by atoms with E-state index in [1.165, 1.54) is 4.70 Å². The van der Waals surface area contributed by atoms with Gasteiger partial charge in [0.15, 0.2) is 3.95 Å². The van der Waals surface area contributed by atoms with E-state index < -0.39 is 0 Å². The Kier molecular flexibility index (Phi) is 2.66. The molecule has 0 spiro atoms. The number of aromatic nitrogens is 1. The van der Waals surface area contributed by atoms with Crippen LogP contribution in [0.2, 0.25) is 0 Å². The van der Waals surface area contributed by atoms with Gasteiger partial charge in [0, 0.05) is 5.69 Å². The van der Waals surface area contributed by atoms with Crippen molar-refractivity contribution >= 4 is 45.1 Å². The van der Waals surface area contributed by atoms with Crippen molar-refractivity contribution in [2.75, 3.05) is 5.32 Å². The topological polar surface area (TPSA) is 27.8 Å². The molecule has 0 saturated heterocycles. The van der Waals surface area contributed by atoms with E-state index in [1.54, 1.807) is 11.3 Å². The maximum atomic E-state index is 5.17. The molecule has 2 N–H and O–H groups in total. The zero-order valence-electron chi connectivity index (χ0n) is 8.94. The first-order valence-corrected chi connectivity index (χ1v) is 6.49. The van der Waals surface area contributed by atoms with E-state index in [9.17, 15) is 0 Å². The van der Waals surface area contributed by atoms with E-state index in [2.05, 4.69) is 16.4 Å². The minimum Gasteiger partial charge on any atom is -0.354 e. The number of para-hydroxylation sites is 1. The molecule has 84 valence electrons. The normalized spacial score (nSPS) is 10.6. The van der Waals surface area contributed by atoms with Gasteiger partial charge in [0.1, 0.15) is 0 Å². The van der Waals surface area contributed by atoms with Gasteiger partial charge in [-0.3, -0.25) is 0 Å². The number of hydrogen-bond acceptors (Lipinski definition) is 3. The predicted octanol–water partition coefficient (Wildman–Crippen LogP) is 4.70. The Balaban J connectivity index is 2.09. The van der Waals surface area contributed by atoms with Crippen LogP contribution in [0.5, 0.6) is 0 Å². The Morgan fingerprint density at radius 3 is 2.65 bits per heavy atom. The van der Waals surface area contributed by atoms with E-state index in [4.69, 9.17) is 12.2 Å². The Hall–Kier alpha value is -1.65. The summed E-state index contributed by atoms with van der Waals surface area (Å²) < 4.78 is 1.98. The first kappa shape index (κ1) is 10.5. The second-order valence-corrected chi connectivity index (χ2v) is 5.38. The average Bonchev–Trinajstić information content (AvgIpc) is 2.72. The maximum absolute atomic E-state index is 5.17. The molecule has 0 saturated carbocycles. The lowest BCUT2D eigenvalue weighted by molar-refractivity contribution is 1.47. The van der Waals surface area contributed by atoms with Gasteiger partial charge < -0.3 is 10.3 Å². The number of H-pyrrole nitrogens is 1. The average molecular weight is 258 g/mol. The van der Waals surface area contributed by atoms with Gasteiger partial charge >= 0.3 is 0 Å². The molecular weight excluding hydrogens is 248 g/mol. The van der Waals surface area contributed by atoms with Crippen LogP contribution in [0, 0.1) is 3.95 Å². The van der Waals surface area contributed by atoms with Crippen LogP contribution < -0.4 is 5.32 Å². The molecule has 0 radical (unpaired) electrons. The predicted molar refractivity (Wildman–Crippen MR) is 76.7 cm³/mol. The third kappa shape index (κ3) is 2.09. The van der Waals surface area contributed by atoms with Gasteiger partial charge in [0.25, 0.3) is 0 Å². The van der Waals surface area contributed by atoms with E-state index in [1.807, 2.05) is 42.5 Å². The smallest absolute Gasteiger partial charge is 0.159 e. The molecule has 4 heteroatoms. The molecule has 3 rings (SSSR count). The summed E-state index contributed by atoms with van der Waals surface area (Å²) in [6, 6.07) is 16.3. The Morgan fingerprint density at radius 2 is 1.82 bits per heavy atom. The highest BCUT2D eigenvalue weighted by Gasteiger charge is 2.03. The Labute approximate surface area is 108 Å². The van der Waals surface area contributed by atoms with Crippen LogP contribution in [0.15, 0.2) is 48.5 Å². The molecule has 0 atom stereocenters. The van der Waals surface area contributed by atoms with Crippen LogP contribution >= 0.6 is 23.6 Å². The van der Waals surface area contributed by atoms with Crippen LogP contribution in [-0.4, -0.2) is 4.98 Å². The molecule has 17 heavy (non-hydrogen) atoms. The minimum absolute atomic E-state index is 0.808. The van der Waals surface area contributed by atoms with Gasteiger partial charge in [-0.05, 0) is 36.5 Å². The fourth-order valence-corrected chi connectivity index (χ4v) is 2.91. The molecule has 0 unspecified atom stereocenters. The summed E-state index contributed by atoms with van der Waals surface area (Å²) in [6.07, 6.45) is 0. The summed E-state index contributed by atoms with van der Waals surface area (Å²) >= 11 is 6.77. The van der Waals surface area contributed by atoms with Crippen molar-refractivity contribution in [3.8, 4) is 0 Å². The number of aromatic amines is 1. The summed E-state index contributed by atoms with van der Waals surface area (Å²) in [6.45, 7) is 0. The number of fused-ring (bicyclic) bond motifs is 1. The van der Waals surface area contributed by atoms with Gasteiger partial charge in [0.2, 0.25) is 0 Å². The van der Waals surface area contributed by atoms with Gasteiger partial charge in [-0.25, -0.2) is 0 Å². The Bertz CT molecular complexity index is 698. The molecule has 0 fully saturated rings. The summed E-state index contributed by atoms with van der Waals surface area (Å²) in [7, 11) is 0. The lowest BCUT2D eigenvalue weighted by atomic mass is 10.2. The van der Waals surface area contributed by atoms with Crippen molar-refractivity contribution in [2.24, 2.45) is 0 Å². The third-order valence-corrected chi connectivity index (χ3v) is 3.78. The number of rotatable bonds is 2. The Morgan fingerprint density at radius 1 is 1.00 bits per heavy atom. The molecule has 3 aromatic rings. The monoisotopic (exact) mass is 258 g/mol. The highest BCUT2D eigenvalue weighted by atomic mass is 32.1. The quantitative estimate of drug-likeness (QED) is 0.652. The molecular formula is C13H10N2S2. The summed E-state index contributed by atoms with van der Waals surface area (Å²) in [5.74, 6) is 0. The van der Waals surface area contributed by atoms with Crippen LogP contribution in [0.4, 0.5) is 11.4 Å². The lowest BCUT2D eigenvalue weighted by Crippen LogP contribution is -1.89. The van der Waals surface area contributed by atoms with Crippen LogP contribution in [0.1, 0.15) is 0 Å². The number of thiazole rings is 1. The molecule has 0 aliphatic rings. The molecule has 0 bridgehead atoms. The fourth-order valence-electron chi connectivity index (χ4n) is 1.75. The SMILES string of the molecule is S=c1[nH]c2cccc(Nc3ccccc3)c2s1. The van der Waals surface area contributed by atoms with Crippen LogP contribution in [0.25, 0.3) is 10.2 Å². The summed E-state index contributed by atoms with van der Waals surface area (Å²) in [4.78, 5) is 3.18. The standard InChI is InChI=1S/C13H10N2S2/c16-13-15-11-8-4-7-10(12(11)17-13)14-9-5-2-1-3-6-9/h1-8,14H,(H,15,16). The van der Waals surface area contributed by atoms with Crippen molar-refractivity contribution in [3.63, 3.8) is 0 Å². The minimum atomic E-state index is 0.808. The van der Waals surface area contributed by atoms with Gasteiger partial charge in [-0.15, -0.1) is 11.3 Å². The van der Waals surface area contributed by atoms with Gasteiger partial charge in [-0.2, -0.15) is 0 Å². The largest absolute Gasteiger partial charge is 0.354 e. The van der Waals surface area contributed by atoms with E-state index in [0.29, 0.717) is 0 Å². The molecule has 0 amide bonds. The highest BCUT2D eigenvalue weighted by molar-refractivity contribution is 7.73. The molecule has 1 aromatic heterocycles. The van der Waals surface area contributed by atoms with Gasteiger partial charge in [-0.1, -0.05) is 24.3 Å².